The molecule has 1 N–H and O–H groups in total. The molecular weight excluding hydrogens is 599 g/mol. The Hall–Kier alpha value is -1.88. The summed E-state index contributed by atoms with van der Waals surface area (Å²) in [5.41, 5.74) is -1.28. The first-order valence-corrected chi connectivity index (χ1v) is 15.9. The van der Waals surface area contributed by atoms with Gasteiger partial charge in [-0.15, -0.1) is 0 Å². The Morgan fingerprint density at radius 1 is 1.02 bits per heavy atom. The number of alkyl carbamates (subject to hydrolysis) is 1. The second-order valence-corrected chi connectivity index (χ2v) is 17.1. The average molecular weight is 638 g/mol. The number of nitrogens with one attached hydrogen (secondary N) is 1. The average Bonchev–Trinajstić information content (AvgIpc) is 2.87. The summed E-state index contributed by atoms with van der Waals surface area (Å²) in [6, 6.07) is 2.12. The lowest BCUT2D eigenvalue weighted by Gasteiger charge is -2.68. The van der Waals surface area contributed by atoms with E-state index >= 15 is 0 Å². The van der Waals surface area contributed by atoms with Gasteiger partial charge < -0.3 is 4.74 Å². The molecule has 0 bridgehead atoms. The molecule has 42 heavy (non-hydrogen) atoms. The van der Waals surface area contributed by atoms with Crippen molar-refractivity contribution in [3.63, 3.8) is 0 Å². The zero-order chi connectivity index (χ0) is 31.3. The van der Waals surface area contributed by atoms with Gasteiger partial charge in [0.2, 0.25) is 0 Å². The number of ketones is 2. The number of rotatable bonds is 1. The van der Waals surface area contributed by atoms with Crippen LogP contribution in [0.5, 0.6) is 0 Å². The molecule has 0 aromatic heterocycles. The number of nitrogens with zero attached hydrogens (tertiary/aromatic N) is 1. The number of amides is 2. The summed E-state index contributed by atoms with van der Waals surface area (Å²) in [7, 11) is 0. The lowest BCUT2D eigenvalue weighted by molar-refractivity contribution is -0.194. The summed E-state index contributed by atoms with van der Waals surface area (Å²) in [4.78, 5) is 52.6. The molecule has 5 aliphatic rings. The van der Waals surface area contributed by atoms with Gasteiger partial charge in [0, 0.05) is 23.2 Å². The zero-order valence-corrected chi connectivity index (χ0v) is 27.3. The molecule has 5 aliphatic carbocycles. The van der Waals surface area contributed by atoms with Crippen LogP contribution in [-0.4, -0.2) is 33.0 Å². The molecule has 228 valence electrons. The summed E-state index contributed by atoms with van der Waals surface area (Å²) >= 11 is 17.0. The maximum Gasteiger partial charge on any atom is 0.414 e. The lowest BCUT2D eigenvalue weighted by atomic mass is 9.36. The number of ether oxygens (including phenoxy) is 1. The summed E-state index contributed by atoms with van der Waals surface area (Å²) in [5.74, 6) is -2.21. The summed E-state index contributed by atoms with van der Waals surface area (Å²) < 4.78 is 3.79. The maximum atomic E-state index is 14.5. The Balaban J connectivity index is 1.59. The first-order valence-electron chi connectivity index (χ1n) is 14.8. The second kappa shape index (κ2) is 9.81. The second-order valence-electron chi connectivity index (χ2n) is 14.8. The van der Waals surface area contributed by atoms with Crippen LogP contribution in [0.25, 0.3) is 0 Å². The number of alkyl halides is 3. The molecule has 0 aliphatic heterocycles. The van der Waals surface area contributed by atoms with Gasteiger partial charge in [-0.3, -0.25) is 19.7 Å². The van der Waals surface area contributed by atoms with Crippen LogP contribution in [0.15, 0.2) is 23.3 Å². The Morgan fingerprint density at radius 3 is 2.29 bits per heavy atom. The molecule has 8 atom stereocenters. The number of hydrogen-bond acceptors (Lipinski definition) is 6. The van der Waals surface area contributed by atoms with Gasteiger partial charge in [0.25, 0.3) is 9.70 Å². The smallest absolute Gasteiger partial charge is 0.414 e. The standard InChI is InChI=1S/C32H39Cl3N2O5/c1-17-19-7-8-29(5)22(28(19,4)14-18(16-36)24(17)39)13-21(38)23-20-15-27(2,3)9-11-31(20,12-10-30(23,29)6)42-26(41)37-25(40)32(33,34)35/h13-14,17,19-20,23H,7-12,15H2,1-6H3,(H,37,40,41)/t17-,19-,20?,23?,28-,29+,30+,31-/m0/s1. The number of allylic oxidation sites excluding steroid dienone is 4. The van der Waals surface area contributed by atoms with Gasteiger partial charge in [-0.25, -0.2) is 4.79 Å². The van der Waals surface area contributed by atoms with E-state index in [4.69, 9.17) is 39.5 Å². The van der Waals surface area contributed by atoms with Gasteiger partial charge in [0.1, 0.15) is 11.7 Å². The van der Waals surface area contributed by atoms with Crippen molar-refractivity contribution >= 4 is 58.4 Å². The van der Waals surface area contributed by atoms with E-state index in [1.165, 1.54) is 0 Å². The van der Waals surface area contributed by atoms with Crippen molar-refractivity contribution in [2.24, 2.45) is 45.3 Å². The van der Waals surface area contributed by atoms with Gasteiger partial charge >= 0.3 is 6.09 Å². The van der Waals surface area contributed by atoms with Gasteiger partial charge in [0.15, 0.2) is 11.6 Å². The number of Topliss-reactive ketones (excluding diaryl/α,β-unsaturated/α-hetero) is 1. The molecule has 10 heteroatoms. The highest BCUT2D eigenvalue weighted by Gasteiger charge is 2.70. The van der Waals surface area contributed by atoms with Crippen molar-refractivity contribution in [3.8, 4) is 6.07 Å². The van der Waals surface area contributed by atoms with Crippen LogP contribution in [0.1, 0.15) is 86.5 Å². The van der Waals surface area contributed by atoms with E-state index in [0.29, 0.717) is 25.7 Å². The van der Waals surface area contributed by atoms with Crippen molar-refractivity contribution in [3.05, 3.63) is 23.3 Å². The van der Waals surface area contributed by atoms with Crippen LogP contribution in [0.3, 0.4) is 0 Å². The summed E-state index contributed by atoms with van der Waals surface area (Å²) in [6.07, 6.45) is 7.45. The van der Waals surface area contributed by atoms with Crippen molar-refractivity contribution in [1.29, 1.82) is 5.26 Å². The van der Waals surface area contributed by atoms with Crippen molar-refractivity contribution < 1.29 is 23.9 Å². The molecule has 0 aromatic rings. The Kier molecular flexibility index (Phi) is 7.37. The molecule has 3 fully saturated rings. The van der Waals surface area contributed by atoms with Crippen LogP contribution in [0, 0.1) is 56.7 Å². The van der Waals surface area contributed by atoms with E-state index in [9.17, 15) is 24.4 Å². The van der Waals surface area contributed by atoms with E-state index < -0.39 is 38.1 Å². The molecule has 3 saturated carbocycles. The fourth-order valence-corrected chi connectivity index (χ4v) is 9.90. The van der Waals surface area contributed by atoms with Crippen LogP contribution < -0.4 is 5.32 Å². The van der Waals surface area contributed by atoms with Crippen molar-refractivity contribution in [2.75, 3.05) is 0 Å². The van der Waals surface area contributed by atoms with Crippen LogP contribution in [-0.2, 0) is 19.1 Å². The number of hydrogen-bond donors (Lipinski definition) is 1. The van der Waals surface area contributed by atoms with E-state index in [0.717, 1.165) is 24.8 Å². The Morgan fingerprint density at radius 2 is 1.67 bits per heavy atom. The fourth-order valence-electron chi connectivity index (χ4n) is 9.76. The third kappa shape index (κ3) is 4.49. The molecule has 0 spiro atoms. The number of imide groups is 1. The highest BCUT2D eigenvalue weighted by molar-refractivity contribution is 6.76. The molecule has 7 nitrogen and oxygen atoms in total. The molecule has 0 saturated heterocycles. The summed E-state index contributed by atoms with van der Waals surface area (Å²) in [5, 5.41) is 11.9. The number of carbonyl (C=O) groups excluding carboxylic acids is 4. The Bertz CT molecular complexity index is 1370. The van der Waals surface area contributed by atoms with Crippen molar-refractivity contribution in [2.45, 2.75) is 95.9 Å². The van der Waals surface area contributed by atoms with E-state index in [2.05, 4.69) is 46.0 Å². The van der Waals surface area contributed by atoms with E-state index in [-0.39, 0.29) is 45.7 Å². The zero-order valence-electron chi connectivity index (χ0n) is 25.0. The van der Waals surface area contributed by atoms with E-state index in [1.54, 1.807) is 6.08 Å². The minimum atomic E-state index is -2.32. The topological polar surface area (TPSA) is 113 Å². The van der Waals surface area contributed by atoms with Crippen LogP contribution >= 0.6 is 34.8 Å². The fraction of sp³-hybridized carbons (Fsp3) is 0.719. The first-order chi connectivity index (χ1) is 19.2. The number of halogens is 3. The number of carbonyl (C=O) groups is 4. The van der Waals surface area contributed by atoms with Gasteiger partial charge in [0.05, 0.1) is 5.57 Å². The van der Waals surface area contributed by atoms with Gasteiger partial charge in [-0.1, -0.05) is 88.0 Å². The number of fused-ring (bicyclic) bond motifs is 7. The third-order valence-electron chi connectivity index (χ3n) is 12.2. The predicted molar refractivity (Wildman–Crippen MR) is 159 cm³/mol. The third-order valence-corrected chi connectivity index (χ3v) is 12.7. The molecule has 5 rings (SSSR count). The quantitative estimate of drug-likeness (QED) is 0.305. The molecule has 0 radical (unpaired) electrons. The molecular formula is C32H39Cl3N2O5. The number of nitriles is 1. The largest absolute Gasteiger partial charge is 0.442 e. The van der Waals surface area contributed by atoms with Crippen LogP contribution in [0.2, 0.25) is 0 Å². The Labute approximate surface area is 262 Å². The monoisotopic (exact) mass is 636 g/mol. The minimum Gasteiger partial charge on any atom is -0.442 e. The van der Waals surface area contributed by atoms with Gasteiger partial charge in [-0.05, 0) is 73.2 Å². The summed E-state index contributed by atoms with van der Waals surface area (Å²) in [6.45, 7) is 12.8. The maximum absolute atomic E-state index is 14.5. The van der Waals surface area contributed by atoms with E-state index in [1.807, 2.05) is 13.0 Å². The van der Waals surface area contributed by atoms with Crippen LogP contribution in [0.4, 0.5) is 4.79 Å². The highest BCUT2D eigenvalue weighted by atomic mass is 35.6. The molecule has 2 amide bonds. The SMILES string of the molecule is C[C@@H]1C(=O)C(C#N)=C[C@]2(C)C3=CC(=O)C4C5CC(C)(C)CC[C@]5(OC(=O)NC(=O)C(Cl)(Cl)Cl)CC[C@@]4(C)[C@]3(C)CC[C@@H]12. The molecule has 0 aromatic carbocycles. The van der Waals surface area contributed by atoms with Gasteiger partial charge in [-0.2, -0.15) is 5.26 Å². The molecule has 0 heterocycles. The first kappa shape index (κ1) is 31.5. The molecule has 2 unspecified atom stereocenters. The minimum absolute atomic E-state index is 0.00328. The normalized spacial score (nSPS) is 42.4. The lowest BCUT2D eigenvalue weighted by Crippen LogP contribution is -2.66. The predicted octanol–water partition coefficient (Wildman–Crippen LogP) is 7.19. The van der Waals surface area contributed by atoms with Crippen molar-refractivity contribution in [1.82, 2.24) is 5.32 Å². The highest BCUT2D eigenvalue weighted by Crippen LogP contribution is 2.72.